The van der Waals surface area contributed by atoms with Gasteiger partial charge in [-0.3, -0.25) is 14.4 Å². The van der Waals surface area contributed by atoms with Crippen LogP contribution in [0, 0.1) is 11.8 Å². The van der Waals surface area contributed by atoms with E-state index < -0.39 is 41.6 Å². The number of allylic oxidation sites excluding steroid dienone is 1. The van der Waals surface area contributed by atoms with E-state index in [9.17, 15) is 19.5 Å². The van der Waals surface area contributed by atoms with Crippen molar-refractivity contribution >= 4 is 17.8 Å². The molecule has 3 unspecified atom stereocenters. The number of nitrogens with zero attached hydrogens (tertiary/aromatic N) is 2. The number of carbonyl (C=O) groups is 3. The Morgan fingerprint density at radius 1 is 1.31 bits per heavy atom. The second-order valence-corrected chi connectivity index (χ2v) is 10.4. The zero-order valence-corrected chi connectivity index (χ0v) is 22.2. The zero-order chi connectivity index (χ0) is 26.5. The lowest BCUT2D eigenvalue weighted by Crippen LogP contribution is -2.60. The van der Waals surface area contributed by atoms with Crippen LogP contribution in [0.5, 0.6) is 0 Å². The molecule has 3 heterocycles. The maximum atomic E-state index is 14.2. The molecule has 2 bridgehead atoms. The predicted molar refractivity (Wildman–Crippen MR) is 137 cm³/mol. The number of aliphatic hydroxyl groups excluding tert-OH is 1. The van der Waals surface area contributed by atoms with E-state index in [0.717, 1.165) is 32.1 Å². The number of amides is 2. The maximum Gasteiger partial charge on any atom is 0.312 e. The van der Waals surface area contributed by atoms with Gasteiger partial charge in [0.2, 0.25) is 11.8 Å². The second kappa shape index (κ2) is 12.4. The number of fused-ring (bicyclic) bond motifs is 1. The van der Waals surface area contributed by atoms with Crippen molar-refractivity contribution in [3.63, 3.8) is 0 Å². The summed E-state index contributed by atoms with van der Waals surface area (Å²) in [5, 5.41) is 10.2. The summed E-state index contributed by atoms with van der Waals surface area (Å²) in [5.41, 5.74) is -1.08. The van der Waals surface area contributed by atoms with E-state index in [4.69, 9.17) is 9.47 Å². The molecule has 3 saturated heterocycles. The minimum absolute atomic E-state index is 0.0444. The number of hydrogen-bond acceptors (Lipinski definition) is 6. The highest BCUT2D eigenvalue weighted by molar-refractivity contribution is 5.98. The topological polar surface area (TPSA) is 96.4 Å². The molecule has 0 saturated carbocycles. The highest BCUT2D eigenvalue weighted by Gasteiger charge is 2.75. The van der Waals surface area contributed by atoms with Crippen molar-refractivity contribution in [2.45, 2.75) is 102 Å². The Bertz CT molecular complexity index is 827. The van der Waals surface area contributed by atoms with Crippen molar-refractivity contribution in [2.75, 3.05) is 19.8 Å². The number of carbonyl (C=O) groups excluding carboxylic acids is 3. The van der Waals surface area contributed by atoms with Gasteiger partial charge in [0, 0.05) is 12.6 Å². The summed E-state index contributed by atoms with van der Waals surface area (Å²) in [6.45, 7) is 13.9. The van der Waals surface area contributed by atoms with E-state index in [0.29, 0.717) is 25.8 Å². The Labute approximate surface area is 215 Å². The second-order valence-electron chi connectivity index (χ2n) is 10.4. The Morgan fingerprint density at radius 3 is 2.67 bits per heavy atom. The summed E-state index contributed by atoms with van der Waals surface area (Å²) in [4.78, 5) is 44.7. The fourth-order valence-corrected chi connectivity index (χ4v) is 6.46. The highest BCUT2D eigenvalue weighted by atomic mass is 16.6. The first kappa shape index (κ1) is 28.4. The summed E-state index contributed by atoms with van der Waals surface area (Å²) in [6, 6.07) is -1.46. The molecule has 0 aromatic heterocycles. The number of rotatable bonds is 15. The van der Waals surface area contributed by atoms with Gasteiger partial charge >= 0.3 is 5.97 Å². The Hall–Kier alpha value is -2.19. The van der Waals surface area contributed by atoms with Crippen LogP contribution in [-0.2, 0) is 23.9 Å². The smallest absolute Gasteiger partial charge is 0.312 e. The van der Waals surface area contributed by atoms with Crippen LogP contribution in [-0.4, -0.2) is 82.3 Å². The van der Waals surface area contributed by atoms with Crippen LogP contribution in [0.15, 0.2) is 25.3 Å². The summed E-state index contributed by atoms with van der Waals surface area (Å²) in [6.07, 6.45) is 8.89. The fourth-order valence-electron chi connectivity index (χ4n) is 6.46. The first-order valence-electron chi connectivity index (χ1n) is 13.6. The molecule has 3 aliphatic rings. The van der Waals surface area contributed by atoms with Crippen molar-refractivity contribution in [1.82, 2.24) is 9.80 Å². The van der Waals surface area contributed by atoms with Crippen LogP contribution in [0.3, 0.4) is 0 Å². The van der Waals surface area contributed by atoms with Gasteiger partial charge in [0.25, 0.3) is 0 Å². The third-order valence-electron chi connectivity index (χ3n) is 8.21. The lowest BCUT2D eigenvalue weighted by atomic mass is 9.70. The number of unbranched alkanes of at least 4 members (excludes halogenated alkanes) is 2. The molecule has 36 heavy (non-hydrogen) atoms. The van der Waals surface area contributed by atoms with E-state index in [1.54, 1.807) is 11.0 Å². The molecule has 1 spiro atoms. The lowest BCUT2D eigenvalue weighted by molar-refractivity contribution is -0.157. The minimum Gasteiger partial charge on any atom is -0.465 e. The lowest BCUT2D eigenvalue weighted by Gasteiger charge is -2.40. The van der Waals surface area contributed by atoms with Crippen molar-refractivity contribution < 1.29 is 29.0 Å². The number of hydrogen-bond donors (Lipinski definition) is 1. The number of aliphatic hydroxyl groups is 1. The normalized spacial score (nSPS) is 30.1. The van der Waals surface area contributed by atoms with E-state index >= 15 is 0 Å². The summed E-state index contributed by atoms with van der Waals surface area (Å²) in [7, 11) is 0. The molecule has 8 nitrogen and oxygen atoms in total. The van der Waals surface area contributed by atoms with Crippen LogP contribution in [0.4, 0.5) is 0 Å². The van der Waals surface area contributed by atoms with Crippen molar-refractivity contribution in [2.24, 2.45) is 11.8 Å². The van der Waals surface area contributed by atoms with Gasteiger partial charge in [0.05, 0.1) is 37.2 Å². The molecule has 8 heteroatoms. The van der Waals surface area contributed by atoms with E-state index in [1.165, 1.54) is 4.90 Å². The van der Waals surface area contributed by atoms with Crippen LogP contribution in [0.2, 0.25) is 0 Å². The van der Waals surface area contributed by atoms with E-state index in [-0.39, 0.29) is 31.1 Å². The summed E-state index contributed by atoms with van der Waals surface area (Å²) < 4.78 is 12.1. The molecule has 0 aromatic carbocycles. The third kappa shape index (κ3) is 4.99. The Balaban J connectivity index is 1.95. The molecule has 2 amide bonds. The quantitative estimate of drug-likeness (QED) is 0.209. The number of esters is 1. The van der Waals surface area contributed by atoms with Gasteiger partial charge in [-0.25, -0.2) is 0 Å². The minimum atomic E-state index is -1.08. The number of ether oxygens (including phenoxy) is 2. The van der Waals surface area contributed by atoms with E-state index in [1.807, 2.05) is 19.9 Å². The molecular formula is C28H44N2O6. The van der Waals surface area contributed by atoms with Gasteiger partial charge in [-0.05, 0) is 51.9 Å². The molecule has 7 atom stereocenters. The Kier molecular flexibility index (Phi) is 9.75. The summed E-state index contributed by atoms with van der Waals surface area (Å²) in [5.74, 6) is -2.42. The molecule has 3 aliphatic heterocycles. The molecule has 202 valence electrons. The van der Waals surface area contributed by atoms with Crippen LogP contribution in [0.1, 0.15) is 72.1 Å². The average molecular weight is 505 g/mol. The molecule has 1 N–H and O–H groups in total. The zero-order valence-electron chi connectivity index (χ0n) is 22.2. The van der Waals surface area contributed by atoms with Crippen molar-refractivity contribution in [1.29, 1.82) is 0 Å². The SMILES string of the molecule is C=CCCCCOC(=O)[C@@H]1[C@H]2C(=O)N([C@@H](CC)CO)C(C(=O)N(CC=C)C(C)CCC)C23CC[C@H]1O3. The molecule has 0 aliphatic carbocycles. The Morgan fingerprint density at radius 2 is 2.06 bits per heavy atom. The number of likely N-dealkylation sites (tertiary alicyclic amines) is 1. The van der Waals surface area contributed by atoms with Crippen LogP contribution in [0.25, 0.3) is 0 Å². The van der Waals surface area contributed by atoms with Gasteiger partial charge in [0.15, 0.2) is 0 Å². The third-order valence-corrected chi connectivity index (χ3v) is 8.21. The molecule has 3 rings (SSSR count). The van der Waals surface area contributed by atoms with Crippen molar-refractivity contribution in [3.05, 3.63) is 25.3 Å². The first-order chi connectivity index (χ1) is 17.3. The van der Waals surface area contributed by atoms with E-state index in [2.05, 4.69) is 20.1 Å². The predicted octanol–water partition coefficient (Wildman–Crippen LogP) is 3.23. The van der Waals surface area contributed by atoms with Crippen molar-refractivity contribution in [3.8, 4) is 0 Å². The van der Waals surface area contributed by atoms with Gasteiger partial charge < -0.3 is 24.4 Å². The largest absolute Gasteiger partial charge is 0.465 e. The molecule has 0 radical (unpaired) electrons. The van der Waals surface area contributed by atoms with Gasteiger partial charge in [0.1, 0.15) is 11.6 Å². The summed E-state index contributed by atoms with van der Waals surface area (Å²) >= 11 is 0. The first-order valence-corrected chi connectivity index (χ1v) is 13.6. The van der Waals surface area contributed by atoms with Crippen LogP contribution < -0.4 is 0 Å². The monoisotopic (exact) mass is 504 g/mol. The standard InChI is InChI=1S/C28H44N2O6/c1-6-10-11-12-17-35-27(34)22-21-14-15-28(36-21)23(22)25(32)30(20(9-4)18-31)24(28)26(33)29(16-8-3)19(5)13-7-2/h6,8,19-24,31H,1,3,7,9-18H2,2,4-5H3/t19?,20-,21+,22-,23-,24?,28?/m0/s1. The van der Waals surface area contributed by atoms with Gasteiger partial charge in [-0.2, -0.15) is 0 Å². The fraction of sp³-hybridized carbons (Fsp3) is 0.750. The van der Waals surface area contributed by atoms with Gasteiger partial charge in [-0.1, -0.05) is 32.4 Å². The maximum absolute atomic E-state index is 14.2. The molecule has 0 aromatic rings. The highest BCUT2D eigenvalue weighted by Crippen LogP contribution is 2.59. The average Bonchev–Trinajstić information content (AvgIpc) is 3.50. The molecule has 3 fully saturated rings. The van der Waals surface area contributed by atoms with Crippen LogP contribution >= 0.6 is 0 Å². The van der Waals surface area contributed by atoms with Gasteiger partial charge in [-0.15, -0.1) is 13.2 Å². The molecular weight excluding hydrogens is 460 g/mol.